The molecule has 6 N–H and O–H groups in total. The van der Waals surface area contributed by atoms with Crippen molar-refractivity contribution in [3.63, 3.8) is 0 Å². The molecule has 2 aromatic heterocycles. The van der Waals surface area contributed by atoms with E-state index in [4.69, 9.17) is 11.5 Å². The molecule has 2 aromatic carbocycles. The number of nitrogen functional groups attached to an aromatic ring is 2. The number of nitrogens with one attached hydrogen (secondary N) is 2. The van der Waals surface area contributed by atoms with Gasteiger partial charge in [-0.1, -0.05) is 23.3 Å². The predicted octanol–water partition coefficient (Wildman–Crippen LogP) is 2.23. The van der Waals surface area contributed by atoms with Crippen molar-refractivity contribution < 1.29 is 9.59 Å². The normalized spacial score (nSPS) is 11.3. The number of benzene rings is 2. The summed E-state index contributed by atoms with van der Waals surface area (Å²) in [6.45, 7) is 6.42. The molecule has 4 aromatic rings. The van der Waals surface area contributed by atoms with Crippen LogP contribution in [-0.4, -0.2) is 70.3 Å². The Bertz CT molecular complexity index is 1380. The van der Waals surface area contributed by atoms with Gasteiger partial charge in [0.2, 0.25) is 0 Å². The van der Waals surface area contributed by atoms with Crippen molar-refractivity contribution in [2.24, 2.45) is 0 Å². The van der Waals surface area contributed by atoms with Gasteiger partial charge in [-0.3, -0.25) is 9.59 Å². The third-order valence-corrected chi connectivity index (χ3v) is 6.34. The fourth-order valence-corrected chi connectivity index (χ4v) is 4.19. The molecule has 0 aliphatic heterocycles. The van der Waals surface area contributed by atoms with E-state index >= 15 is 0 Å². The first-order chi connectivity index (χ1) is 18.2. The van der Waals surface area contributed by atoms with E-state index in [2.05, 4.69) is 35.9 Å². The van der Waals surface area contributed by atoms with Gasteiger partial charge in [-0.15, -0.1) is 20.4 Å². The van der Waals surface area contributed by atoms with E-state index in [1.165, 1.54) is 0 Å². The Morgan fingerprint density at radius 1 is 0.737 bits per heavy atom. The fourth-order valence-electron chi connectivity index (χ4n) is 4.19. The Balaban J connectivity index is 1.17. The van der Waals surface area contributed by atoms with E-state index in [1.54, 1.807) is 0 Å². The van der Waals surface area contributed by atoms with Crippen LogP contribution in [-0.2, 0) is 0 Å². The number of hydrogen-bond donors (Lipinski definition) is 4. The van der Waals surface area contributed by atoms with E-state index in [9.17, 15) is 9.59 Å². The van der Waals surface area contributed by atoms with Crippen molar-refractivity contribution in [2.45, 2.75) is 26.7 Å². The van der Waals surface area contributed by atoms with E-state index in [-0.39, 0.29) is 23.2 Å². The van der Waals surface area contributed by atoms with Crippen LogP contribution in [0.2, 0.25) is 0 Å². The van der Waals surface area contributed by atoms with Gasteiger partial charge in [0, 0.05) is 23.9 Å². The smallest absolute Gasteiger partial charge is 0.273 e. The Labute approximate surface area is 221 Å². The molecule has 11 nitrogen and oxygen atoms in total. The number of amides is 2. The van der Waals surface area contributed by atoms with Crippen molar-refractivity contribution in [1.82, 2.24) is 35.9 Å². The number of carbonyl (C=O) groups is 2. The van der Waals surface area contributed by atoms with Gasteiger partial charge in [0.1, 0.15) is 0 Å². The number of aryl methyl sites for hydroxylation is 2. The lowest BCUT2D eigenvalue weighted by atomic mass is 10.1. The minimum Gasteiger partial charge on any atom is -0.396 e. The Morgan fingerprint density at radius 3 is 1.58 bits per heavy atom. The molecule has 38 heavy (non-hydrogen) atoms. The molecule has 0 aliphatic carbocycles. The summed E-state index contributed by atoms with van der Waals surface area (Å²) in [5.41, 5.74) is 16.7. The SMILES string of the molecule is Cc1ccc2nnc(C(=O)NCCCN(C)CCCNC(=O)c3nnc4ccc(C)cc4c3N)c(N)c2c1. The molecule has 4 rings (SSSR count). The fraction of sp³-hybridized carbons (Fsp3) is 0.333. The second-order valence-electron chi connectivity index (χ2n) is 9.49. The molecular weight excluding hydrogens is 482 g/mol. The number of aromatic nitrogens is 4. The second kappa shape index (κ2) is 11.8. The van der Waals surface area contributed by atoms with Gasteiger partial charge < -0.3 is 27.0 Å². The first-order valence-electron chi connectivity index (χ1n) is 12.5. The minimum atomic E-state index is -0.338. The number of anilines is 2. The van der Waals surface area contributed by atoms with E-state index in [0.717, 1.165) is 47.8 Å². The molecule has 2 amide bonds. The molecule has 0 saturated heterocycles. The number of nitrogens with zero attached hydrogens (tertiary/aromatic N) is 5. The lowest BCUT2D eigenvalue weighted by molar-refractivity contribution is 0.0941. The van der Waals surface area contributed by atoms with Crippen LogP contribution in [0.4, 0.5) is 11.4 Å². The molecule has 0 aliphatic rings. The van der Waals surface area contributed by atoms with Crippen LogP contribution in [0.1, 0.15) is 44.9 Å². The van der Waals surface area contributed by atoms with Crippen molar-refractivity contribution >= 4 is 45.0 Å². The zero-order valence-electron chi connectivity index (χ0n) is 21.9. The summed E-state index contributed by atoms with van der Waals surface area (Å²) in [5.74, 6) is -0.676. The Morgan fingerprint density at radius 2 is 1.16 bits per heavy atom. The highest BCUT2D eigenvalue weighted by Gasteiger charge is 2.16. The largest absolute Gasteiger partial charge is 0.396 e. The van der Waals surface area contributed by atoms with Gasteiger partial charge in [0.25, 0.3) is 11.8 Å². The van der Waals surface area contributed by atoms with Crippen LogP contribution in [0, 0.1) is 13.8 Å². The third-order valence-electron chi connectivity index (χ3n) is 6.34. The molecule has 11 heteroatoms. The second-order valence-corrected chi connectivity index (χ2v) is 9.49. The monoisotopic (exact) mass is 515 g/mol. The summed E-state index contributed by atoms with van der Waals surface area (Å²) in [6, 6.07) is 11.3. The van der Waals surface area contributed by atoms with E-state index in [0.29, 0.717) is 35.5 Å². The van der Waals surface area contributed by atoms with Gasteiger partial charge in [-0.25, -0.2) is 0 Å². The summed E-state index contributed by atoms with van der Waals surface area (Å²) >= 11 is 0. The summed E-state index contributed by atoms with van der Waals surface area (Å²) in [4.78, 5) is 27.3. The van der Waals surface area contributed by atoms with E-state index < -0.39 is 0 Å². The molecular formula is C27H33N9O2. The van der Waals surface area contributed by atoms with Gasteiger partial charge >= 0.3 is 0 Å². The molecule has 0 saturated carbocycles. The lowest BCUT2D eigenvalue weighted by Gasteiger charge is -2.17. The van der Waals surface area contributed by atoms with Crippen LogP contribution in [0.25, 0.3) is 21.8 Å². The minimum absolute atomic E-state index is 0.138. The topological polar surface area (TPSA) is 165 Å². The Kier molecular flexibility index (Phi) is 8.27. The highest BCUT2D eigenvalue weighted by molar-refractivity contribution is 6.05. The van der Waals surface area contributed by atoms with Crippen molar-refractivity contribution in [3.8, 4) is 0 Å². The zero-order valence-corrected chi connectivity index (χ0v) is 21.9. The quantitative estimate of drug-likeness (QED) is 0.232. The first kappa shape index (κ1) is 26.7. The standard InChI is InChI=1S/C27H33N9O2/c1-16-6-8-20-18(14-16)22(28)24(34-32-20)26(37)30-10-4-12-36(3)13-5-11-31-27(38)25-23(29)19-15-17(2)7-9-21(19)33-35-25/h6-9,14-15H,4-5,10-13H2,1-3H3,(H2,28,32)(H2,29,33)(H,30,37)(H,31,38). The third kappa shape index (κ3) is 6.12. The predicted molar refractivity (Wildman–Crippen MR) is 149 cm³/mol. The summed E-state index contributed by atoms with van der Waals surface area (Å²) in [5, 5.41) is 23.4. The molecule has 0 atom stereocenters. The van der Waals surface area contributed by atoms with Crippen LogP contribution in [0.3, 0.4) is 0 Å². The Hall–Kier alpha value is -4.38. The molecule has 0 radical (unpaired) electrons. The van der Waals surface area contributed by atoms with Crippen molar-refractivity contribution in [3.05, 3.63) is 58.9 Å². The average Bonchev–Trinajstić information content (AvgIpc) is 2.90. The number of fused-ring (bicyclic) bond motifs is 2. The first-order valence-corrected chi connectivity index (χ1v) is 12.5. The maximum absolute atomic E-state index is 12.6. The highest BCUT2D eigenvalue weighted by Crippen LogP contribution is 2.23. The highest BCUT2D eigenvalue weighted by atomic mass is 16.2. The molecule has 2 heterocycles. The van der Waals surface area contributed by atoms with Gasteiger partial charge in [0.05, 0.1) is 22.4 Å². The summed E-state index contributed by atoms with van der Waals surface area (Å²) in [6.07, 6.45) is 1.49. The zero-order chi connectivity index (χ0) is 27.2. The van der Waals surface area contributed by atoms with Crippen molar-refractivity contribution in [2.75, 3.05) is 44.7 Å². The number of rotatable bonds is 10. The van der Waals surface area contributed by atoms with E-state index in [1.807, 2.05) is 57.3 Å². The van der Waals surface area contributed by atoms with Crippen LogP contribution >= 0.6 is 0 Å². The van der Waals surface area contributed by atoms with Gasteiger partial charge in [-0.05, 0) is 71.1 Å². The van der Waals surface area contributed by atoms with Gasteiger partial charge in [0.15, 0.2) is 11.4 Å². The van der Waals surface area contributed by atoms with Crippen LogP contribution < -0.4 is 22.1 Å². The molecule has 198 valence electrons. The maximum atomic E-state index is 12.6. The molecule has 0 bridgehead atoms. The average molecular weight is 516 g/mol. The maximum Gasteiger partial charge on any atom is 0.273 e. The number of carbonyl (C=O) groups excluding carboxylic acids is 2. The summed E-state index contributed by atoms with van der Waals surface area (Å²) in [7, 11) is 1.99. The van der Waals surface area contributed by atoms with Crippen LogP contribution in [0.15, 0.2) is 36.4 Å². The molecule has 0 unspecified atom stereocenters. The van der Waals surface area contributed by atoms with Crippen LogP contribution in [0.5, 0.6) is 0 Å². The summed E-state index contributed by atoms with van der Waals surface area (Å²) < 4.78 is 0. The molecule has 0 fully saturated rings. The number of nitrogens with two attached hydrogens (primary N) is 2. The van der Waals surface area contributed by atoms with Crippen molar-refractivity contribution in [1.29, 1.82) is 0 Å². The lowest BCUT2D eigenvalue weighted by Crippen LogP contribution is -2.31. The van der Waals surface area contributed by atoms with Gasteiger partial charge in [-0.2, -0.15) is 0 Å². The number of hydrogen-bond acceptors (Lipinski definition) is 9. The molecule has 0 spiro atoms.